The van der Waals surface area contributed by atoms with Crippen LogP contribution in [0.15, 0.2) is 53.0 Å². The zero-order valence-electron chi connectivity index (χ0n) is 16.2. The maximum absolute atomic E-state index is 12.2. The van der Waals surface area contributed by atoms with Gasteiger partial charge in [0, 0.05) is 11.1 Å². The van der Waals surface area contributed by atoms with Crippen LogP contribution in [0.3, 0.4) is 0 Å². The molecule has 1 amide bonds. The van der Waals surface area contributed by atoms with Gasteiger partial charge in [-0.25, -0.2) is 4.79 Å². The largest absolute Gasteiger partial charge is 0.491 e. The molecule has 2 atom stereocenters. The number of carbonyl (C=O) groups is 2. The monoisotopic (exact) mass is 461 g/mol. The van der Waals surface area contributed by atoms with Crippen LogP contribution in [0.2, 0.25) is 0 Å². The lowest BCUT2D eigenvalue weighted by molar-refractivity contribution is -0.124. The molecule has 29 heavy (non-hydrogen) atoms. The van der Waals surface area contributed by atoms with Crippen LogP contribution in [-0.2, 0) is 14.3 Å². The highest BCUT2D eigenvalue weighted by atomic mass is 79.9. The van der Waals surface area contributed by atoms with Crippen LogP contribution in [0.25, 0.3) is 0 Å². The minimum absolute atomic E-state index is 0.137. The van der Waals surface area contributed by atoms with Gasteiger partial charge in [-0.2, -0.15) is 0 Å². The van der Waals surface area contributed by atoms with E-state index in [9.17, 15) is 9.59 Å². The fourth-order valence-corrected chi connectivity index (χ4v) is 3.25. The Morgan fingerprint density at radius 3 is 2.55 bits per heavy atom. The summed E-state index contributed by atoms with van der Waals surface area (Å²) in [5.74, 6) is -0.245. The van der Waals surface area contributed by atoms with E-state index in [2.05, 4.69) is 21.2 Å². The number of halogens is 1. The molecular weight excluding hydrogens is 438 g/mol. The van der Waals surface area contributed by atoms with Crippen molar-refractivity contribution in [1.29, 1.82) is 0 Å². The van der Waals surface area contributed by atoms with E-state index in [0.29, 0.717) is 17.9 Å². The molecule has 0 radical (unpaired) electrons. The first-order chi connectivity index (χ1) is 14.0. The number of rotatable bonds is 8. The molecule has 7 heteroatoms. The van der Waals surface area contributed by atoms with Gasteiger partial charge in [-0.15, -0.1) is 0 Å². The summed E-state index contributed by atoms with van der Waals surface area (Å²) < 4.78 is 17.3. The van der Waals surface area contributed by atoms with Crippen molar-refractivity contribution in [1.82, 2.24) is 5.32 Å². The van der Waals surface area contributed by atoms with Gasteiger partial charge in [0.1, 0.15) is 12.4 Å². The highest BCUT2D eigenvalue weighted by Gasteiger charge is 2.16. The maximum Gasteiger partial charge on any atom is 0.338 e. The predicted octanol–water partition coefficient (Wildman–Crippen LogP) is 4.04. The van der Waals surface area contributed by atoms with Crippen molar-refractivity contribution in [3.8, 4) is 5.75 Å². The molecule has 1 heterocycles. The van der Waals surface area contributed by atoms with E-state index in [1.807, 2.05) is 31.2 Å². The minimum Gasteiger partial charge on any atom is -0.491 e. The molecule has 1 fully saturated rings. The van der Waals surface area contributed by atoms with E-state index in [4.69, 9.17) is 14.2 Å². The highest BCUT2D eigenvalue weighted by Crippen LogP contribution is 2.18. The third-order valence-electron chi connectivity index (χ3n) is 4.63. The number of hydrogen-bond acceptors (Lipinski definition) is 5. The first-order valence-electron chi connectivity index (χ1n) is 9.57. The van der Waals surface area contributed by atoms with Gasteiger partial charge in [0.2, 0.25) is 0 Å². The third kappa shape index (κ3) is 6.58. The Bertz CT molecular complexity index is 816. The smallest absolute Gasteiger partial charge is 0.338 e. The number of esters is 1. The Labute approximate surface area is 178 Å². The van der Waals surface area contributed by atoms with Crippen LogP contribution in [0.4, 0.5) is 0 Å². The van der Waals surface area contributed by atoms with Gasteiger partial charge in [0.15, 0.2) is 6.61 Å². The van der Waals surface area contributed by atoms with Crippen molar-refractivity contribution >= 4 is 27.8 Å². The van der Waals surface area contributed by atoms with E-state index in [1.54, 1.807) is 24.3 Å². The molecular formula is C22H24BrNO5. The zero-order valence-corrected chi connectivity index (χ0v) is 17.8. The zero-order chi connectivity index (χ0) is 20.6. The number of nitrogens with one attached hydrogen (secondary N) is 1. The van der Waals surface area contributed by atoms with Crippen molar-refractivity contribution in [2.45, 2.75) is 31.9 Å². The number of ether oxygens (including phenoxy) is 3. The summed E-state index contributed by atoms with van der Waals surface area (Å²) >= 11 is 3.38. The second-order valence-corrected chi connectivity index (χ2v) is 7.80. The second-order valence-electron chi connectivity index (χ2n) is 6.89. The third-order valence-corrected chi connectivity index (χ3v) is 5.16. The molecule has 1 N–H and O–H groups in total. The Morgan fingerprint density at radius 2 is 1.90 bits per heavy atom. The van der Waals surface area contributed by atoms with E-state index in [1.165, 1.54) is 0 Å². The maximum atomic E-state index is 12.2. The summed E-state index contributed by atoms with van der Waals surface area (Å²) in [5, 5.41) is 2.81. The lowest BCUT2D eigenvalue weighted by atomic mass is 10.1. The summed E-state index contributed by atoms with van der Waals surface area (Å²) in [6, 6.07) is 14.1. The topological polar surface area (TPSA) is 73.9 Å². The lowest BCUT2D eigenvalue weighted by Gasteiger charge is -2.14. The van der Waals surface area contributed by atoms with Gasteiger partial charge >= 0.3 is 5.97 Å². The molecule has 154 valence electrons. The van der Waals surface area contributed by atoms with Crippen molar-refractivity contribution < 1.29 is 23.8 Å². The van der Waals surface area contributed by atoms with E-state index < -0.39 is 5.97 Å². The number of hydrogen-bond donors (Lipinski definition) is 1. The molecule has 1 saturated heterocycles. The average molecular weight is 462 g/mol. The minimum atomic E-state index is -0.554. The van der Waals surface area contributed by atoms with Crippen LogP contribution in [0.1, 0.15) is 41.7 Å². The van der Waals surface area contributed by atoms with Crippen LogP contribution >= 0.6 is 15.9 Å². The molecule has 0 spiro atoms. The number of carbonyl (C=O) groups excluding carboxylic acids is 2. The number of amides is 1. The summed E-state index contributed by atoms with van der Waals surface area (Å²) in [4.78, 5) is 24.2. The van der Waals surface area contributed by atoms with Crippen LogP contribution in [-0.4, -0.2) is 37.8 Å². The molecule has 2 aromatic rings. The molecule has 0 saturated carbocycles. The summed E-state index contributed by atoms with van der Waals surface area (Å²) in [5.41, 5.74) is 1.33. The molecule has 0 aromatic heterocycles. The van der Waals surface area contributed by atoms with E-state index in [-0.39, 0.29) is 24.7 Å². The Morgan fingerprint density at radius 1 is 1.17 bits per heavy atom. The summed E-state index contributed by atoms with van der Waals surface area (Å²) in [6.07, 6.45) is 2.21. The van der Waals surface area contributed by atoms with Crippen molar-refractivity contribution in [3.05, 3.63) is 64.1 Å². The SMILES string of the molecule is CC(NC(=O)COC(=O)c1ccc(OCC2CCCO2)cc1)c1ccc(Br)cc1. The normalized spacial score (nSPS) is 16.8. The first kappa shape index (κ1) is 21.3. The fourth-order valence-electron chi connectivity index (χ4n) is 2.98. The van der Waals surface area contributed by atoms with E-state index >= 15 is 0 Å². The Kier molecular flexibility index (Phi) is 7.66. The fraction of sp³-hybridized carbons (Fsp3) is 0.364. The molecule has 2 aromatic carbocycles. The van der Waals surface area contributed by atoms with Gasteiger partial charge < -0.3 is 19.5 Å². The second kappa shape index (κ2) is 10.4. The van der Waals surface area contributed by atoms with E-state index in [0.717, 1.165) is 29.5 Å². The molecule has 0 bridgehead atoms. The summed E-state index contributed by atoms with van der Waals surface area (Å²) in [6.45, 7) is 2.82. The Hall–Kier alpha value is -2.38. The van der Waals surface area contributed by atoms with Gasteiger partial charge in [-0.3, -0.25) is 4.79 Å². The number of benzene rings is 2. The molecule has 1 aliphatic rings. The van der Waals surface area contributed by atoms with Gasteiger partial charge in [-0.05, 0) is 61.7 Å². The first-order valence-corrected chi connectivity index (χ1v) is 10.4. The van der Waals surface area contributed by atoms with Crippen LogP contribution < -0.4 is 10.1 Å². The van der Waals surface area contributed by atoms with Crippen molar-refractivity contribution in [3.63, 3.8) is 0 Å². The van der Waals surface area contributed by atoms with Gasteiger partial charge in [0.05, 0.1) is 17.7 Å². The highest BCUT2D eigenvalue weighted by molar-refractivity contribution is 9.10. The standard InChI is InChI=1S/C22H24BrNO5/c1-15(16-4-8-18(23)9-5-16)24-21(25)14-29-22(26)17-6-10-19(11-7-17)28-13-20-3-2-12-27-20/h4-11,15,20H,2-3,12-14H2,1H3,(H,24,25). The van der Waals surface area contributed by atoms with Crippen LogP contribution in [0.5, 0.6) is 5.75 Å². The quantitative estimate of drug-likeness (QED) is 0.600. The van der Waals surface area contributed by atoms with Gasteiger partial charge in [0.25, 0.3) is 5.91 Å². The van der Waals surface area contributed by atoms with Crippen molar-refractivity contribution in [2.75, 3.05) is 19.8 Å². The van der Waals surface area contributed by atoms with Crippen LogP contribution in [0, 0.1) is 0 Å². The average Bonchev–Trinajstić information content (AvgIpc) is 3.25. The Balaban J connectivity index is 1.42. The van der Waals surface area contributed by atoms with Gasteiger partial charge in [-0.1, -0.05) is 28.1 Å². The summed E-state index contributed by atoms with van der Waals surface area (Å²) in [7, 11) is 0. The molecule has 2 unspecified atom stereocenters. The molecule has 6 nitrogen and oxygen atoms in total. The molecule has 3 rings (SSSR count). The van der Waals surface area contributed by atoms with Crippen molar-refractivity contribution in [2.24, 2.45) is 0 Å². The molecule has 0 aliphatic carbocycles. The lowest BCUT2D eigenvalue weighted by Crippen LogP contribution is -2.31. The predicted molar refractivity (Wildman–Crippen MR) is 112 cm³/mol. The molecule has 1 aliphatic heterocycles.